The van der Waals surface area contributed by atoms with Crippen LogP contribution in [0.15, 0.2) is 30.5 Å². The Hall–Kier alpha value is -3.04. The van der Waals surface area contributed by atoms with Crippen molar-refractivity contribution >= 4 is 28.4 Å². The third kappa shape index (κ3) is 3.95. The smallest absolute Gasteiger partial charge is 0.238 e. The SMILES string of the molecule is CN(C)CC(=O)Nc1ccc(-c2nc(N3CCOCC3)c3cn[nH]c3n2)cc1. The minimum atomic E-state index is -0.0533. The van der Waals surface area contributed by atoms with Crippen molar-refractivity contribution in [2.45, 2.75) is 0 Å². The van der Waals surface area contributed by atoms with Crippen LogP contribution in [-0.2, 0) is 9.53 Å². The minimum absolute atomic E-state index is 0.0533. The van der Waals surface area contributed by atoms with Crippen molar-refractivity contribution < 1.29 is 9.53 Å². The van der Waals surface area contributed by atoms with E-state index >= 15 is 0 Å². The molecule has 9 nitrogen and oxygen atoms in total. The highest BCUT2D eigenvalue weighted by atomic mass is 16.5. The molecule has 9 heteroatoms. The van der Waals surface area contributed by atoms with Crippen molar-refractivity contribution in [3.8, 4) is 11.4 Å². The average Bonchev–Trinajstić information content (AvgIpc) is 3.16. The van der Waals surface area contributed by atoms with Gasteiger partial charge in [-0.15, -0.1) is 0 Å². The number of aromatic amines is 1. The normalized spacial score (nSPS) is 14.6. The Morgan fingerprint density at radius 2 is 1.96 bits per heavy atom. The van der Waals surface area contributed by atoms with E-state index in [1.54, 1.807) is 6.20 Å². The molecule has 3 heterocycles. The lowest BCUT2D eigenvalue weighted by molar-refractivity contribution is -0.116. The number of hydrogen-bond acceptors (Lipinski definition) is 7. The number of amides is 1. The number of morpholine rings is 1. The summed E-state index contributed by atoms with van der Waals surface area (Å²) >= 11 is 0. The van der Waals surface area contributed by atoms with Gasteiger partial charge < -0.3 is 19.9 Å². The second-order valence-electron chi connectivity index (χ2n) is 6.97. The lowest BCUT2D eigenvalue weighted by Crippen LogP contribution is -2.37. The quantitative estimate of drug-likeness (QED) is 0.688. The Bertz CT molecular complexity index is 962. The molecule has 1 amide bonds. The maximum atomic E-state index is 11.9. The van der Waals surface area contributed by atoms with Crippen molar-refractivity contribution in [2.24, 2.45) is 0 Å². The Morgan fingerprint density at radius 1 is 1.21 bits per heavy atom. The monoisotopic (exact) mass is 381 g/mol. The molecular formula is C19H23N7O2. The van der Waals surface area contributed by atoms with E-state index in [1.165, 1.54) is 0 Å². The van der Waals surface area contributed by atoms with Crippen LogP contribution in [0.25, 0.3) is 22.4 Å². The fourth-order valence-electron chi connectivity index (χ4n) is 3.16. The number of H-pyrrole nitrogens is 1. The van der Waals surface area contributed by atoms with Crippen LogP contribution in [0, 0.1) is 0 Å². The number of carbonyl (C=O) groups is 1. The number of nitrogens with zero attached hydrogens (tertiary/aromatic N) is 5. The van der Waals surface area contributed by atoms with Crippen molar-refractivity contribution in [1.29, 1.82) is 0 Å². The van der Waals surface area contributed by atoms with Gasteiger partial charge in [-0.3, -0.25) is 9.89 Å². The van der Waals surface area contributed by atoms with Gasteiger partial charge in [0.25, 0.3) is 0 Å². The molecule has 1 aliphatic rings. The number of benzene rings is 1. The number of rotatable bonds is 5. The molecule has 28 heavy (non-hydrogen) atoms. The van der Waals surface area contributed by atoms with Gasteiger partial charge in [0.1, 0.15) is 5.82 Å². The molecule has 1 saturated heterocycles. The van der Waals surface area contributed by atoms with E-state index in [1.807, 2.05) is 43.3 Å². The van der Waals surface area contributed by atoms with E-state index in [-0.39, 0.29) is 5.91 Å². The van der Waals surface area contributed by atoms with Crippen LogP contribution in [0.4, 0.5) is 11.5 Å². The second-order valence-corrected chi connectivity index (χ2v) is 6.97. The predicted molar refractivity (Wildman–Crippen MR) is 107 cm³/mol. The summed E-state index contributed by atoms with van der Waals surface area (Å²) < 4.78 is 5.45. The molecule has 1 fully saturated rings. The number of anilines is 2. The maximum Gasteiger partial charge on any atom is 0.238 e. The standard InChI is InChI=1S/C19H23N7O2/c1-25(2)12-16(27)21-14-5-3-13(4-6-14)17-22-18-15(11-20-24-18)19(23-17)26-7-9-28-10-8-26/h3-6,11H,7-10,12H2,1-2H3,(H,21,27)(H,20,22,23,24). The zero-order valence-electron chi connectivity index (χ0n) is 16.0. The Kier molecular flexibility index (Phi) is 5.18. The zero-order valence-corrected chi connectivity index (χ0v) is 16.0. The lowest BCUT2D eigenvalue weighted by atomic mass is 10.2. The van der Waals surface area contributed by atoms with Crippen LogP contribution in [0.5, 0.6) is 0 Å². The number of ether oxygens (including phenoxy) is 1. The largest absolute Gasteiger partial charge is 0.378 e. The molecular weight excluding hydrogens is 358 g/mol. The fraction of sp³-hybridized carbons (Fsp3) is 0.368. The van der Waals surface area contributed by atoms with E-state index in [9.17, 15) is 4.79 Å². The van der Waals surface area contributed by atoms with Gasteiger partial charge in [0, 0.05) is 24.3 Å². The third-order valence-corrected chi connectivity index (χ3v) is 4.49. The van der Waals surface area contributed by atoms with E-state index in [2.05, 4.69) is 25.4 Å². The van der Waals surface area contributed by atoms with Crippen molar-refractivity contribution in [2.75, 3.05) is 57.2 Å². The summed E-state index contributed by atoms with van der Waals surface area (Å²) in [6, 6.07) is 7.54. The number of likely N-dealkylation sites (N-methyl/N-ethyl adjacent to an activating group) is 1. The fourth-order valence-corrected chi connectivity index (χ4v) is 3.16. The molecule has 146 valence electrons. The molecule has 1 aromatic carbocycles. The lowest BCUT2D eigenvalue weighted by Gasteiger charge is -2.28. The number of nitrogens with one attached hydrogen (secondary N) is 2. The summed E-state index contributed by atoms with van der Waals surface area (Å²) in [6.45, 7) is 3.27. The van der Waals surface area contributed by atoms with Gasteiger partial charge in [0.05, 0.1) is 31.3 Å². The summed E-state index contributed by atoms with van der Waals surface area (Å²) in [5, 5.41) is 10.9. The topological polar surface area (TPSA) is 99.3 Å². The van der Waals surface area contributed by atoms with Crippen LogP contribution >= 0.6 is 0 Å². The van der Waals surface area contributed by atoms with E-state index < -0.39 is 0 Å². The highest BCUT2D eigenvalue weighted by molar-refractivity contribution is 5.92. The van der Waals surface area contributed by atoms with Gasteiger partial charge >= 0.3 is 0 Å². The highest BCUT2D eigenvalue weighted by Crippen LogP contribution is 2.27. The molecule has 4 rings (SSSR count). The Morgan fingerprint density at radius 3 is 2.68 bits per heavy atom. The van der Waals surface area contributed by atoms with E-state index in [0.717, 1.165) is 35.5 Å². The Labute approximate surface area is 162 Å². The molecule has 3 aromatic rings. The summed E-state index contributed by atoms with van der Waals surface area (Å²) in [7, 11) is 3.72. The van der Waals surface area contributed by atoms with Crippen LogP contribution in [0.2, 0.25) is 0 Å². The van der Waals surface area contributed by atoms with Crippen LogP contribution in [-0.4, -0.2) is 77.9 Å². The van der Waals surface area contributed by atoms with Gasteiger partial charge in [0.2, 0.25) is 5.91 Å². The second kappa shape index (κ2) is 7.91. The van der Waals surface area contributed by atoms with Crippen molar-refractivity contribution in [3.63, 3.8) is 0 Å². The molecule has 2 aromatic heterocycles. The summed E-state index contributed by atoms with van der Waals surface area (Å²) in [5.74, 6) is 1.42. The maximum absolute atomic E-state index is 11.9. The summed E-state index contributed by atoms with van der Waals surface area (Å²) in [5.41, 5.74) is 2.32. The summed E-state index contributed by atoms with van der Waals surface area (Å²) in [6.07, 6.45) is 1.76. The van der Waals surface area contributed by atoms with Gasteiger partial charge in [0.15, 0.2) is 11.5 Å². The molecule has 2 N–H and O–H groups in total. The molecule has 0 saturated carbocycles. The molecule has 0 unspecified atom stereocenters. The minimum Gasteiger partial charge on any atom is -0.378 e. The first-order valence-electron chi connectivity index (χ1n) is 9.19. The predicted octanol–water partition coefficient (Wildman–Crippen LogP) is 1.36. The van der Waals surface area contributed by atoms with E-state index in [0.29, 0.717) is 31.2 Å². The van der Waals surface area contributed by atoms with Gasteiger partial charge in [-0.25, -0.2) is 9.97 Å². The first-order valence-corrected chi connectivity index (χ1v) is 9.19. The molecule has 0 aliphatic carbocycles. The van der Waals surface area contributed by atoms with Crippen molar-refractivity contribution in [3.05, 3.63) is 30.5 Å². The molecule has 0 atom stereocenters. The number of carbonyl (C=O) groups excluding carboxylic acids is 1. The van der Waals surface area contributed by atoms with E-state index in [4.69, 9.17) is 9.72 Å². The molecule has 0 radical (unpaired) electrons. The molecule has 0 bridgehead atoms. The Balaban J connectivity index is 1.61. The van der Waals surface area contributed by atoms with Crippen LogP contribution in [0.3, 0.4) is 0 Å². The number of aromatic nitrogens is 4. The zero-order chi connectivity index (χ0) is 19.5. The molecule has 0 spiro atoms. The van der Waals surface area contributed by atoms with Gasteiger partial charge in [-0.1, -0.05) is 0 Å². The first-order chi connectivity index (χ1) is 13.6. The number of fused-ring (bicyclic) bond motifs is 1. The first kappa shape index (κ1) is 18.3. The van der Waals surface area contributed by atoms with Crippen LogP contribution in [0.1, 0.15) is 0 Å². The van der Waals surface area contributed by atoms with Gasteiger partial charge in [-0.2, -0.15) is 5.10 Å². The van der Waals surface area contributed by atoms with Gasteiger partial charge in [-0.05, 0) is 38.4 Å². The molecule has 1 aliphatic heterocycles. The van der Waals surface area contributed by atoms with Crippen LogP contribution < -0.4 is 10.2 Å². The average molecular weight is 381 g/mol. The highest BCUT2D eigenvalue weighted by Gasteiger charge is 2.19. The number of hydrogen-bond donors (Lipinski definition) is 2. The van der Waals surface area contributed by atoms with Crippen molar-refractivity contribution in [1.82, 2.24) is 25.1 Å². The third-order valence-electron chi connectivity index (χ3n) is 4.49. The summed E-state index contributed by atoms with van der Waals surface area (Å²) in [4.78, 5) is 25.3.